The molecule has 1 atom stereocenters. The Balaban J connectivity index is 1.80. The summed E-state index contributed by atoms with van der Waals surface area (Å²) in [5.41, 5.74) is 0. The molecule has 1 amide bonds. The molecule has 22 heavy (non-hydrogen) atoms. The standard InChI is InChI=1S/C15H22ClN3O3/c1-10(2)21-15(20)19-6-4-12(5-7-19)11(3)22-13-8-17-14(16)18-9-13/h8-12H,4-7H2,1-3H3/t11-/m1/s1. The first kappa shape index (κ1) is 16.8. The molecule has 122 valence electrons. The number of piperidine rings is 1. The Kier molecular flexibility index (Phi) is 5.83. The highest BCUT2D eigenvalue weighted by Crippen LogP contribution is 2.24. The minimum Gasteiger partial charge on any atom is -0.487 e. The van der Waals surface area contributed by atoms with Crippen LogP contribution in [0.25, 0.3) is 0 Å². The minimum atomic E-state index is -0.229. The summed E-state index contributed by atoms with van der Waals surface area (Å²) in [5, 5.41) is 0.206. The molecule has 0 aliphatic carbocycles. The van der Waals surface area contributed by atoms with Crippen molar-refractivity contribution in [2.24, 2.45) is 5.92 Å². The lowest BCUT2D eigenvalue weighted by molar-refractivity contribution is 0.0494. The van der Waals surface area contributed by atoms with E-state index >= 15 is 0 Å². The average Bonchev–Trinajstić information content (AvgIpc) is 2.49. The number of ether oxygens (including phenoxy) is 2. The van der Waals surface area contributed by atoms with Gasteiger partial charge in [0.15, 0.2) is 5.75 Å². The van der Waals surface area contributed by atoms with Gasteiger partial charge in [0, 0.05) is 13.1 Å². The quantitative estimate of drug-likeness (QED) is 0.795. The fourth-order valence-electron chi connectivity index (χ4n) is 2.50. The van der Waals surface area contributed by atoms with Crippen LogP contribution in [0, 0.1) is 5.92 Å². The average molecular weight is 328 g/mol. The van der Waals surface area contributed by atoms with Gasteiger partial charge in [-0.25, -0.2) is 14.8 Å². The van der Waals surface area contributed by atoms with Crippen LogP contribution < -0.4 is 4.74 Å². The van der Waals surface area contributed by atoms with Crippen LogP contribution in [0.2, 0.25) is 5.28 Å². The third-order valence-corrected chi connectivity index (χ3v) is 3.91. The van der Waals surface area contributed by atoms with Crippen molar-refractivity contribution in [1.29, 1.82) is 0 Å². The zero-order valence-electron chi connectivity index (χ0n) is 13.2. The van der Waals surface area contributed by atoms with E-state index in [1.165, 1.54) is 0 Å². The van der Waals surface area contributed by atoms with E-state index in [2.05, 4.69) is 9.97 Å². The maximum Gasteiger partial charge on any atom is 0.410 e. The number of hydrogen-bond donors (Lipinski definition) is 0. The largest absolute Gasteiger partial charge is 0.487 e. The second kappa shape index (κ2) is 7.63. The molecule has 0 unspecified atom stereocenters. The molecular formula is C15H22ClN3O3. The molecule has 2 rings (SSSR count). The van der Waals surface area contributed by atoms with Crippen LogP contribution in [0.5, 0.6) is 5.75 Å². The van der Waals surface area contributed by atoms with Gasteiger partial charge in [-0.1, -0.05) is 0 Å². The normalized spacial score (nSPS) is 17.4. The number of aromatic nitrogens is 2. The van der Waals surface area contributed by atoms with Gasteiger partial charge in [-0.15, -0.1) is 0 Å². The number of carbonyl (C=O) groups is 1. The molecule has 7 heteroatoms. The van der Waals surface area contributed by atoms with Crippen molar-refractivity contribution in [3.05, 3.63) is 17.7 Å². The first-order valence-corrected chi connectivity index (χ1v) is 7.93. The number of carbonyl (C=O) groups excluding carboxylic acids is 1. The summed E-state index contributed by atoms with van der Waals surface area (Å²) in [6.45, 7) is 7.13. The highest BCUT2D eigenvalue weighted by molar-refractivity contribution is 6.28. The van der Waals surface area contributed by atoms with Gasteiger partial charge in [0.05, 0.1) is 24.6 Å². The molecular weight excluding hydrogens is 306 g/mol. The molecule has 0 saturated carbocycles. The third-order valence-electron chi connectivity index (χ3n) is 3.72. The van der Waals surface area contributed by atoms with Crippen molar-refractivity contribution in [2.45, 2.75) is 45.8 Å². The van der Waals surface area contributed by atoms with Crippen LogP contribution in [0.1, 0.15) is 33.6 Å². The van der Waals surface area contributed by atoms with E-state index in [9.17, 15) is 4.79 Å². The van der Waals surface area contributed by atoms with Crippen LogP contribution in [0.3, 0.4) is 0 Å². The van der Waals surface area contributed by atoms with Gasteiger partial charge in [0.2, 0.25) is 5.28 Å². The van der Waals surface area contributed by atoms with Crippen molar-refractivity contribution in [2.75, 3.05) is 13.1 Å². The van der Waals surface area contributed by atoms with E-state index in [0.29, 0.717) is 24.8 Å². The van der Waals surface area contributed by atoms with Crippen LogP contribution in [-0.4, -0.2) is 46.3 Å². The van der Waals surface area contributed by atoms with Gasteiger partial charge in [-0.3, -0.25) is 0 Å². The highest BCUT2D eigenvalue weighted by atomic mass is 35.5. The third kappa shape index (κ3) is 4.73. The summed E-state index contributed by atoms with van der Waals surface area (Å²) in [6.07, 6.45) is 4.65. The van der Waals surface area contributed by atoms with E-state index in [-0.39, 0.29) is 23.6 Å². The highest BCUT2D eigenvalue weighted by Gasteiger charge is 2.28. The summed E-state index contributed by atoms with van der Waals surface area (Å²) in [4.78, 5) is 21.4. The van der Waals surface area contributed by atoms with Gasteiger partial charge in [-0.2, -0.15) is 0 Å². The molecule has 1 saturated heterocycles. The number of nitrogens with zero attached hydrogens (tertiary/aromatic N) is 3. The zero-order valence-corrected chi connectivity index (χ0v) is 13.9. The molecule has 1 aromatic heterocycles. The summed E-state index contributed by atoms with van der Waals surface area (Å²) in [6, 6.07) is 0. The first-order chi connectivity index (χ1) is 10.5. The molecule has 1 aliphatic heterocycles. The van der Waals surface area contributed by atoms with Crippen LogP contribution in [0.15, 0.2) is 12.4 Å². The summed E-state index contributed by atoms with van der Waals surface area (Å²) < 4.78 is 11.1. The van der Waals surface area contributed by atoms with Gasteiger partial charge in [-0.05, 0) is 51.1 Å². The molecule has 0 N–H and O–H groups in total. The van der Waals surface area contributed by atoms with Gasteiger partial charge < -0.3 is 14.4 Å². The van der Waals surface area contributed by atoms with Crippen LogP contribution in [-0.2, 0) is 4.74 Å². The second-order valence-electron chi connectivity index (χ2n) is 5.77. The number of hydrogen-bond acceptors (Lipinski definition) is 5. The fraction of sp³-hybridized carbons (Fsp3) is 0.667. The van der Waals surface area contributed by atoms with E-state index in [1.54, 1.807) is 17.3 Å². The molecule has 2 heterocycles. The summed E-state index contributed by atoms with van der Waals surface area (Å²) >= 11 is 5.65. The smallest absolute Gasteiger partial charge is 0.410 e. The Morgan fingerprint density at radius 3 is 2.41 bits per heavy atom. The molecule has 1 aromatic rings. The predicted molar refractivity (Wildman–Crippen MR) is 83.0 cm³/mol. The molecule has 0 radical (unpaired) electrons. The van der Waals surface area contributed by atoms with E-state index < -0.39 is 0 Å². The molecule has 0 aromatic carbocycles. The van der Waals surface area contributed by atoms with Gasteiger partial charge in [0.1, 0.15) is 0 Å². The predicted octanol–water partition coefficient (Wildman–Crippen LogP) is 3.15. The van der Waals surface area contributed by atoms with Crippen molar-refractivity contribution in [3.63, 3.8) is 0 Å². The van der Waals surface area contributed by atoms with Crippen molar-refractivity contribution < 1.29 is 14.3 Å². The molecule has 0 bridgehead atoms. The number of halogens is 1. The van der Waals surface area contributed by atoms with E-state index in [0.717, 1.165) is 12.8 Å². The van der Waals surface area contributed by atoms with Crippen molar-refractivity contribution in [1.82, 2.24) is 14.9 Å². The Labute approximate surface area is 135 Å². The summed E-state index contributed by atoms with van der Waals surface area (Å²) in [5.74, 6) is 0.998. The fourth-order valence-corrected chi connectivity index (χ4v) is 2.60. The summed E-state index contributed by atoms with van der Waals surface area (Å²) in [7, 11) is 0. The molecule has 0 spiro atoms. The van der Waals surface area contributed by atoms with Gasteiger partial charge >= 0.3 is 6.09 Å². The lowest BCUT2D eigenvalue weighted by Crippen LogP contribution is -2.42. The lowest BCUT2D eigenvalue weighted by Gasteiger charge is -2.34. The topological polar surface area (TPSA) is 64.5 Å². The monoisotopic (exact) mass is 327 g/mol. The van der Waals surface area contributed by atoms with Crippen molar-refractivity contribution in [3.8, 4) is 5.75 Å². The lowest BCUT2D eigenvalue weighted by atomic mass is 9.92. The Morgan fingerprint density at radius 1 is 1.27 bits per heavy atom. The van der Waals surface area contributed by atoms with Gasteiger partial charge in [0.25, 0.3) is 0 Å². The Hall–Kier alpha value is -1.56. The zero-order chi connectivity index (χ0) is 16.1. The minimum absolute atomic E-state index is 0.0352. The van der Waals surface area contributed by atoms with Crippen LogP contribution >= 0.6 is 11.6 Å². The number of amides is 1. The second-order valence-corrected chi connectivity index (χ2v) is 6.11. The van der Waals surface area contributed by atoms with E-state index in [1.807, 2.05) is 20.8 Å². The number of rotatable bonds is 4. The molecule has 6 nitrogen and oxygen atoms in total. The van der Waals surface area contributed by atoms with Crippen molar-refractivity contribution >= 4 is 17.7 Å². The Morgan fingerprint density at radius 2 is 1.86 bits per heavy atom. The van der Waals surface area contributed by atoms with E-state index in [4.69, 9.17) is 21.1 Å². The maximum atomic E-state index is 11.9. The SMILES string of the molecule is CC(C)OC(=O)N1CCC([C@@H](C)Oc2cnc(Cl)nc2)CC1. The van der Waals surface area contributed by atoms with Crippen LogP contribution in [0.4, 0.5) is 4.79 Å². The number of likely N-dealkylation sites (tertiary alicyclic amines) is 1. The Bertz CT molecular complexity index is 487. The molecule has 1 fully saturated rings. The maximum absolute atomic E-state index is 11.9. The first-order valence-electron chi connectivity index (χ1n) is 7.55. The molecule has 1 aliphatic rings.